The van der Waals surface area contributed by atoms with Crippen molar-refractivity contribution < 1.29 is 9.47 Å². The van der Waals surface area contributed by atoms with Gasteiger partial charge in [0.05, 0.1) is 43.4 Å². The second-order valence-electron chi connectivity index (χ2n) is 8.57. The molecule has 0 atom stereocenters. The quantitative estimate of drug-likeness (QED) is 0.404. The molecule has 1 aromatic carbocycles. The van der Waals surface area contributed by atoms with E-state index in [0.29, 0.717) is 58.6 Å². The summed E-state index contributed by atoms with van der Waals surface area (Å²) in [6, 6.07) is 7.04. The topological polar surface area (TPSA) is 130 Å². The van der Waals surface area contributed by atoms with E-state index in [0.717, 1.165) is 11.3 Å². The minimum Gasteiger partial charge on any atom is -0.354 e. The molecule has 0 amide bonds. The van der Waals surface area contributed by atoms with E-state index in [-0.39, 0.29) is 18.1 Å². The number of nitrogens with one attached hydrogen (secondary N) is 1. The molecule has 11 heteroatoms. The molecule has 36 heavy (non-hydrogen) atoms. The highest BCUT2D eigenvalue weighted by molar-refractivity contribution is 6.33. The number of nitrogens with zero attached hydrogens (tertiary/aromatic N) is 5. The number of ether oxygens (including phenoxy) is 2. The molecule has 1 aliphatic rings. The van der Waals surface area contributed by atoms with Crippen molar-refractivity contribution in [3.63, 3.8) is 0 Å². The number of benzene rings is 1. The van der Waals surface area contributed by atoms with Gasteiger partial charge in [-0.05, 0) is 26.0 Å². The van der Waals surface area contributed by atoms with Crippen molar-refractivity contribution in [3.05, 3.63) is 63.9 Å². The Balaban J connectivity index is 1.61. The molecular weight excluding hydrogens is 482 g/mol. The van der Waals surface area contributed by atoms with Crippen LogP contribution in [0.15, 0.2) is 47.7 Å². The van der Waals surface area contributed by atoms with E-state index in [1.165, 1.54) is 0 Å². The lowest BCUT2D eigenvalue weighted by Gasteiger charge is -2.28. The van der Waals surface area contributed by atoms with Gasteiger partial charge in [0, 0.05) is 46.0 Å². The highest BCUT2D eigenvalue weighted by Gasteiger charge is 2.23. The summed E-state index contributed by atoms with van der Waals surface area (Å²) in [4.78, 5) is 31.5. The van der Waals surface area contributed by atoms with Gasteiger partial charge < -0.3 is 20.5 Å². The van der Waals surface area contributed by atoms with Crippen LogP contribution in [0.5, 0.6) is 0 Å². The summed E-state index contributed by atoms with van der Waals surface area (Å²) < 4.78 is 13.0. The average molecular weight is 508 g/mol. The zero-order chi connectivity index (χ0) is 25.2. The molecular formula is C25H26ClN7O3. The highest BCUT2D eigenvalue weighted by atomic mass is 35.5. The molecule has 0 unspecified atom stereocenters. The first-order valence-corrected chi connectivity index (χ1v) is 12.0. The summed E-state index contributed by atoms with van der Waals surface area (Å²) in [7, 11) is 0. The molecule has 0 saturated carbocycles. The lowest BCUT2D eigenvalue weighted by atomic mass is 10.0. The summed E-state index contributed by atoms with van der Waals surface area (Å²) in [5, 5.41) is 4.19. The van der Waals surface area contributed by atoms with Gasteiger partial charge in [-0.25, -0.2) is 9.97 Å². The summed E-state index contributed by atoms with van der Waals surface area (Å²) in [6.07, 6.45) is 4.42. The van der Waals surface area contributed by atoms with Crippen molar-refractivity contribution in [3.8, 4) is 22.4 Å². The van der Waals surface area contributed by atoms with Crippen LogP contribution in [0.1, 0.15) is 12.6 Å². The van der Waals surface area contributed by atoms with Crippen molar-refractivity contribution in [1.82, 2.24) is 24.5 Å². The molecule has 1 aliphatic heterocycles. The third-order valence-corrected chi connectivity index (χ3v) is 6.11. The molecule has 0 bridgehead atoms. The first-order chi connectivity index (χ1) is 17.4. The number of anilines is 1. The molecule has 1 saturated heterocycles. The van der Waals surface area contributed by atoms with Crippen molar-refractivity contribution in [1.29, 1.82) is 0 Å². The Kier molecular flexibility index (Phi) is 6.92. The number of rotatable bonds is 6. The van der Waals surface area contributed by atoms with Crippen LogP contribution in [-0.4, -0.2) is 56.6 Å². The van der Waals surface area contributed by atoms with E-state index >= 15 is 0 Å². The Morgan fingerprint density at radius 3 is 2.67 bits per heavy atom. The van der Waals surface area contributed by atoms with E-state index in [1.807, 2.05) is 26.0 Å². The second kappa shape index (κ2) is 10.3. The number of nitrogens with two attached hydrogens (primary N) is 1. The van der Waals surface area contributed by atoms with Crippen molar-refractivity contribution >= 4 is 28.6 Å². The molecule has 1 fully saturated rings. The normalized spacial score (nSPS) is 17.9. The van der Waals surface area contributed by atoms with Crippen LogP contribution in [0.25, 0.3) is 33.4 Å². The zero-order valence-electron chi connectivity index (χ0n) is 19.9. The summed E-state index contributed by atoms with van der Waals surface area (Å²) >= 11 is 6.70. The number of hydrogen-bond donors (Lipinski definition) is 2. The third-order valence-electron chi connectivity index (χ3n) is 5.80. The maximum atomic E-state index is 13.8. The van der Waals surface area contributed by atoms with Gasteiger partial charge in [-0.3, -0.25) is 14.3 Å². The molecule has 4 aromatic rings. The van der Waals surface area contributed by atoms with Crippen LogP contribution in [0, 0.1) is 6.92 Å². The SMILES string of the molecule is CCNc1ncc2cc(-c3ccc(-c4cncc(C)n4)cc3Cl)c(=O)n(CC3OCC(N)CO3)c2n1. The van der Waals surface area contributed by atoms with Gasteiger partial charge in [-0.1, -0.05) is 23.7 Å². The predicted molar refractivity (Wildman–Crippen MR) is 138 cm³/mol. The summed E-state index contributed by atoms with van der Waals surface area (Å²) in [6.45, 7) is 5.32. The minimum atomic E-state index is -0.628. The minimum absolute atomic E-state index is 0.146. The number of hydrogen-bond acceptors (Lipinski definition) is 9. The van der Waals surface area contributed by atoms with Gasteiger partial charge in [0.1, 0.15) is 5.65 Å². The lowest BCUT2D eigenvalue weighted by Crippen LogP contribution is -2.43. The molecule has 0 aliphatic carbocycles. The molecule has 3 N–H and O–H groups in total. The van der Waals surface area contributed by atoms with Crippen LogP contribution in [0.2, 0.25) is 5.02 Å². The van der Waals surface area contributed by atoms with Gasteiger partial charge in [0.15, 0.2) is 6.29 Å². The zero-order valence-corrected chi connectivity index (χ0v) is 20.7. The molecule has 186 valence electrons. The Bertz CT molecular complexity index is 1470. The first-order valence-electron chi connectivity index (χ1n) is 11.6. The number of halogens is 1. The molecule has 0 spiro atoms. The van der Waals surface area contributed by atoms with Crippen LogP contribution in [0.3, 0.4) is 0 Å². The fourth-order valence-corrected chi connectivity index (χ4v) is 4.35. The van der Waals surface area contributed by atoms with E-state index in [1.54, 1.807) is 35.3 Å². The third kappa shape index (κ3) is 4.93. The van der Waals surface area contributed by atoms with E-state index in [4.69, 9.17) is 26.8 Å². The van der Waals surface area contributed by atoms with Crippen molar-refractivity contribution in [2.75, 3.05) is 25.1 Å². The standard InChI is InChI=1S/C25H26ClN7O3/c1-3-29-25-30-9-16-6-19(18-5-4-15(7-20(18)26)21-10-28-8-14(2)31-21)24(34)33(23(16)32-25)11-22-35-12-17(27)13-36-22/h4-10,17,22H,3,11-13,27H2,1-2H3,(H,29,30,32). The molecule has 10 nitrogen and oxygen atoms in total. The second-order valence-corrected chi connectivity index (χ2v) is 8.98. The van der Waals surface area contributed by atoms with Crippen LogP contribution in [0.4, 0.5) is 5.95 Å². The first kappa shape index (κ1) is 24.3. The van der Waals surface area contributed by atoms with E-state index in [2.05, 4.69) is 25.3 Å². The van der Waals surface area contributed by atoms with Crippen LogP contribution >= 0.6 is 11.6 Å². The highest BCUT2D eigenvalue weighted by Crippen LogP contribution is 2.31. The number of fused-ring (bicyclic) bond motifs is 1. The molecule has 4 heterocycles. The predicted octanol–water partition coefficient (Wildman–Crippen LogP) is 3.01. The van der Waals surface area contributed by atoms with Gasteiger partial charge in [-0.15, -0.1) is 0 Å². The largest absolute Gasteiger partial charge is 0.354 e. The molecule has 3 aromatic heterocycles. The van der Waals surface area contributed by atoms with Gasteiger partial charge in [0.25, 0.3) is 5.56 Å². The Labute approximate surface area is 212 Å². The van der Waals surface area contributed by atoms with Crippen molar-refractivity contribution in [2.24, 2.45) is 5.73 Å². The van der Waals surface area contributed by atoms with Crippen LogP contribution < -0.4 is 16.6 Å². The fourth-order valence-electron chi connectivity index (χ4n) is 4.07. The van der Waals surface area contributed by atoms with Crippen molar-refractivity contribution in [2.45, 2.75) is 32.7 Å². The Morgan fingerprint density at radius 2 is 1.94 bits per heavy atom. The van der Waals surface area contributed by atoms with Gasteiger partial charge in [-0.2, -0.15) is 4.98 Å². The summed E-state index contributed by atoms with van der Waals surface area (Å²) in [5.41, 5.74) is 9.39. The number of aromatic nitrogens is 5. The Hall–Kier alpha value is -3.44. The number of pyridine rings is 1. The van der Waals surface area contributed by atoms with Gasteiger partial charge in [0.2, 0.25) is 5.95 Å². The fraction of sp³-hybridized carbons (Fsp3) is 0.320. The maximum Gasteiger partial charge on any atom is 0.260 e. The van der Waals surface area contributed by atoms with Crippen LogP contribution in [-0.2, 0) is 16.0 Å². The Morgan fingerprint density at radius 1 is 1.14 bits per heavy atom. The molecule has 0 radical (unpaired) electrons. The smallest absolute Gasteiger partial charge is 0.260 e. The van der Waals surface area contributed by atoms with Gasteiger partial charge >= 0.3 is 0 Å². The lowest BCUT2D eigenvalue weighted by molar-refractivity contribution is -0.191. The van der Waals surface area contributed by atoms with E-state index < -0.39 is 6.29 Å². The molecule has 5 rings (SSSR count). The summed E-state index contributed by atoms with van der Waals surface area (Å²) in [5.74, 6) is 0.431. The average Bonchev–Trinajstić information content (AvgIpc) is 2.87. The monoisotopic (exact) mass is 507 g/mol. The maximum absolute atomic E-state index is 13.8. The number of aryl methyl sites for hydroxylation is 1. The van der Waals surface area contributed by atoms with E-state index in [9.17, 15) is 4.79 Å².